The fourth-order valence-corrected chi connectivity index (χ4v) is 2.56. The van der Waals surface area contributed by atoms with Gasteiger partial charge in [-0.05, 0) is 31.3 Å². The van der Waals surface area contributed by atoms with E-state index in [1.54, 1.807) is 16.7 Å². The fraction of sp³-hybridized carbons (Fsp3) is 0.182. The van der Waals surface area contributed by atoms with Crippen LogP contribution in [0.4, 0.5) is 0 Å². The highest BCUT2D eigenvalue weighted by Gasteiger charge is 2.13. The van der Waals surface area contributed by atoms with Crippen molar-refractivity contribution in [3.05, 3.63) is 38.7 Å². The zero-order chi connectivity index (χ0) is 13.1. The molecule has 94 valence electrons. The molecule has 0 aliphatic heterocycles. The van der Waals surface area contributed by atoms with Crippen molar-refractivity contribution in [3.8, 4) is 0 Å². The number of nitrogens with one attached hydrogen (secondary N) is 1. The third-order valence-electron chi connectivity index (χ3n) is 2.40. The average molecular weight is 281 g/mol. The average Bonchev–Trinajstić information content (AvgIpc) is 2.94. The van der Waals surface area contributed by atoms with Crippen LogP contribution < -0.4 is 5.43 Å². The molecule has 0 saturated carbocycles. The summed E-state index contributed by atoms with van der Waals surface area (Å²) in [4.78, 5) is 12.4. The number of carbonyl (C=O) groups excluding carboxylic acids is 1. The molecule has 0 aromatic carbocycles. The molecule has 5 nitrogen and oxygen atoms in total. The largest absolute Gasteiger partial charge is 0.463 e. The molecule has 1 N–H and O–H groups in total. The first-order valence-corrected chi connectivity index (χ1v) is 6.35. The van der Waals surface area contributed by atoms with Gasteiger partial charge in [0.15, 0.2) is 3.95 Å². The van der Waals surface area contributed by atoms with E-state index in [4.69, 9.17) is 16.6 Å². The molecule has 0 saturated heterocycles. The van der Waals surface area contributed by atoms with Gasteiger partial charge >= 0.3 is 0 Å². The Balaban J connectivity index is 2.08. The van der Waals surface area contributed by atoms with Crippen molar-refractivity contribution in [1.82, 2.24) is 9.99 Å². The van der Waals surface area contributed by atoms with Gasteiger partial charge < -0.3 is 8.98 Å². The number of carbonyl (C=O) groups is 1. The molecule has 0 radical (unpaired) electrons. The van der Waals surface area contributed by atoms with Gasteiger partial charge in [0.2, 0.25) is 0 Å². The molecular weight excluding hydrogens is 270 g/mol. The maximum Gasteiger partial charge on any atom is 0.283 e. The molecule has 0 spiro atoms. The summed E-state index contributed by atoms with van der Waals surface area (Å²) in [6.07, 6.45) is 2.98. The van der Waals surface area contributed by atoms with Crippen molar-refractivity contribution >= 4 is 35.7 Å². The van der Waals surface area contributed by atoms with Crippen molar-refractivity contribution in [2.24, 2.45) is 12.1 Å². The Morgan fingerprint density at radius 2 is 2.44 bits per heavy atom. The minimum Gasteiger partial charge on any atom is -0.463 e. The molecule has 2 aromatic rings. The molecule has 1 amide bonds. The summed E-state index contributed by atoms with van der Waals surface area (Å²) in [5.41, 5.74) is 3.27. The van der Waals surface area contributed by atoms with Crippen LogP contribution in [0.3, 0.4) is 0 Å². The van der Waals surface area contributed by atoms with Crippen LogP contribution in [0.1, 0.15) is 21.1 Å². The van der Waals surface area contributed by atoms with E-state index in [-0.39, 0.29) is 5.91 Å². The first-order chi connectivity index (χ1) is 8.59. The van der Waals surface area contributed by atoms with Crippen LogP contribution in [0.15, 0.2) is 27.9 Å². The lowest BCUT2D eigenvalue weighted by Crippen LogP contribution is -2.17. The molecule has 0 unspecified atom stereocenters. The number of aromatic nitrogens is 1. The van der Waals surface area contributed by atoms with E-state index in [9.17, 15) is 4.79 Å². The van der Waals surface area contributed by atoms with Crippen LogP contribution in [-0.4, -0.2) is 16.7 Å². The van der Waals surface area contributed by atoms with Crippen LogP contribution in [0.25, 0.3) is 0 Å². The zero-order valence-electron chi connectivity index (χ0n) is 9.84. The highest BCUT2D eigenvalue weighted by Crippen LogP contribution is 2.17. The van der Waals surface area contributed by atoms with Gasteiger partial charge in [-0.25, -0.2) is 5.43 Å². The quantitative estimate of drug-likeness (QED) is 0.534. The molecule has 0 atom stereocenters. The lowest BCUT2D eigenvalue weighted by molar-refractivity contribution is 0.0958. The van der Waals surface area contributed by atoms with Gasteiger partial charge in [0.05, 0.1) is 12.5 Å². The second-order valence-electron chi connectivity index (χ2n) is 3.56. The summed E-state index contributed by atoms with van der Waals surface area (Å²) < 4.78 is 7.51. The van der Waals surface area contributed by atoms with Gasteiger partial charge in [0.25, 0.3) is 5.91 Å². The molecule has 0 aliphatic carbocycles. The van der Waals surface area contributed by atoms with E-state index in [0.717, 1.165) is 5.69 Å². The standard InChI is InChI=1S/C11H11N3O2S2/c1-7-9(18-11(17)14(7)2)10(15)13-12-6-8-4-3-5-16-8/h3-6H,1-2H3,(H,13,15)/b12-6+. The second kappa shape index (κ2) is 5.28. The predicted octanol–water partition coefficient (Wildman–Crippen LogP) is 2.48. The first-order valence-electron chi connectivity index (χ1n) is 5.13. The number of rotatable bonds is 3. The van der Waals surface area contributed by atoms with Gasteiger partial charge in [-0.3, -0.25) is 4.79 Å². The molecule has 2 aromatic heterocycles. The summed E-state index contributed by atoms with van der Waals surface area (Å²) in [7, 11) is 1.83. The Hall–Kier alpha value is -1.73. The second-order valence-corrected chi connectivity index (χ2v) is 5.20. The molecule has 18 heavy (non-hydrogen) atoms. The summed E-state index contributed by atoms with van der Waals surface area (Å²) >= 11 is 6.37. The van der Waals surface area contributed by atoms with Crippen molar-refractivity contribution in [3.63, 3.8) is 0 Å². The molecule has 2 heterocycles. The Bertz CT molecular complexity index is 638. The lowest BCUT2D eigenvalue weighted by atomic mass is 10.4. The Morgan fingerprint density at radius 1 is 1.67 bits per heavy atom. The number of thiazole rings is 1. The van der Waals surface area contributed by atoms with Crippen LogP contribution in [0.5, 0.6) is 0 Å². The summed E-state index contributed by atoms with van der Waals surface area (Å²) in [5, 5.41) is 3.82. The molecule has 0 aliphatic rings. The SMILES string of the molecule is Cc1c(C(=O)N/N=C/c2ccco2)sc(=S)n1C. The summed E-state index contributed by atoms with van der Waals surface area (Å²) in [6.45, 7) is 1.84. The normalized spacial score (nSPS) is 11.0. The van der Waals surface area contributed by atoms with Crippen LogP contribution >= 0.6 is 23.6 Å². The predicted molar refractivity (Wildman–Crippen MR) is 72.6 cm³/mol. The van der Waals surface area contributed by atoms with Crippen LogP contribution in [0.2, 0.25) is 0 Å². The third kappa shape index (κ3) is 2.57. The van der Waals surface area contributed by atoms with Gasteiger partial charge in [0.1, 0.15) is 10.6 Å². The Kier molecular flexibility index (Phi) is 3.73. The van der Waals surface area contributed by atoms with E-state index in [1.165, 1.54) is 23.8 Å². The van der Waals surface area contributed by atoms with Gasteiger partial charge in [-0.2, -0.15) is 5.10 Å². The highest BCUT2D eigenvalue weighted by atomic mass is 32.1. The lowest BCUT2D eigenvalue weighted by Gasteiger charge is -1.98. The number of hydrogen-bond acceptors (Lipinski definition) is 5. The highest BCUT2D eigenvalue weighted by molar-refractivity contribution is 7.73. The van der Waals surface area contributed by atoms with Crippen molar-refractivity contribution < 1.29 is 9.21 Å². The fourth-order valence-electron chi connectivity index (χ4n) is 1.30. The molecule has 0 fully saturated rings. The number of nitrogens with zero attached hydrogens (tertiary/aromatic N) is 2. The summed E-state index contributed by atoms with van der Waals surface area (Å²) in [6, 6.07) is 3.49. The Labute approximate surface area is 113 Å². The maximum absolute atomic E-state index is 11.9. The number of hydrogen-bond donors (Lipinski definition) is 1. The smallest absolute Gasteiger partial charge is 0.283 e. The maximum atomic E-state index is 11.9. The topological polar surface area (TPSA) is 59.5 Å². The third-order valence-corrected chi connectivity index (χ3v) is 4.06. The van der Waals surface area contributed by atoms with Crippen LogP contribution in [0, 0.1) is 10.9 Å². The van der Waals surface area contributed by atoms with Gasteiger partial charge in [-0.1, -0.05) is 11.3 Å². The van der Waals surface area contributed by atoms with Crippen molar-refractivity contribution in [1.29, 1.82) is 0 Å². The zero-order valence-corrected chi connectivity index (χ0v) is 11.5. The van der Waals surface area contributed by atoms with E-state index in [2.05, 4.69) is 10.5 Å². The monoisotopic (exact) mass is 281 g/mol. The van der Waals surface area contributed by atoms with Gasteiger partial charge in [-0.15, -0.1) is 0 Å². The van der Waals surface area contributed by atoms with Gasteiger partial charge in [0, 0.05) is 12.7 Å². The number of hydrazone groups is 1. The van der Waals surface area contributed by atoms with E-state index in [0.29, 0.717) is 14.6 Å². The number of amides is 1. The van der Waals surface area contributed by atoms with E-state index < -0.39 is 0 Å². The molecule has 7 heteroatoms. The first kappa shape index (κ1) is 12.7. The number of furan rings is 1. The minimum absolute atomic E-state index is 0.271. The van der Waals surface area contributed by atoms with E-state index >= 15 is 0 Å². The molecule has 0 bridgehead atoms. The molecule has 2 rings (SSSR count). The Morgan fingerprint density at radius 3 is 3.00 bits per heavy atom. The minimum atomic E-state index is -0.271. The molecular formula is C11H11N3O2S2. The summed E-state index contributed by atoms with van der Waals surface area (Å²) in [5.74, 6) is 0.305. The van der Waals surface area contributed by atoms with E-state index in [1.807, 2.05) is 14.0 Å². The van der Waals surface area contributed by atoms with Crippen molar-refractivity contribution in [2.45, 2.75) is 6.92 Å². The van der Waals surface area contributed by atoms with Crippen molar-refractivity contribution in [2.75, 3.05) is 0 Å². The van der Waals surface area contributed by atoms with Crippen LogP contribution in [-0.2, 0) is 7.05 Å².